The Morgan fingerprint density at radius 1 is 0.394 bits per heavy atom. The Hall–Kier alpha value is -8.65. The molecule has 0 bridgehead atoms. The van der Waals surface area contributed by atoms with Gasteiger partial charge in [-0.15, -0.1) is 0 Å². The third-order valence-electron chi connectivity index (χ3n) is 12.7. The van der Waals surface area contributed by atoms with Crippen LogP contribution in [-0.2, 0) is 6.18 Å². The van der Waals surface area contributed by atoms with Gasteiger partial charge in [-0.2, -0.15) is 23.7 Å². The highest BCUT2D eigenvalue weighted by Crippen LogP contribution is 2.48. The number of para-hydroxylation sites is 2. The first-order chi connectivity index (χ1) is 32.1. The van der Waals surface area contributed by atoms with Crippen LogP contribution in [0.1, 0.15) is 27.8 Å². The van der Waals surface area contributed by atoms with E-state index >= 15 is 0 Å². The van der Waals surface area contributed by atoms with Crippen molar-refractivity contribution in [3.63, 3.8) is 0 Å². The largest absolute Gasteiger partial charge is 0.416 e. The minimum atomic E-state index is -4.66. The van der Waals surface area contributed by atoms with Crippen molar-refractivity contribution in [2.24, 2.45) is 0 Å². The Labute approximate surface area is 378 Å². The molecule has 9 aromatic carbocycles. The number of hydrogen-bond donors (Lipinski definition) is 0. The third kappa shape index (κ3) is 6.52. The van der Waals surface area contributed by atoms with Gasteiger partial charge in [0.05, 0.1) is 62.3 Å². The molecule has 314 valence electrons. The summed E-state index contributed by atoms with van der Waals surface area (Å²) >= 11 is 0. The van der Waals surface area contributed by atoms with Crippen LogP contribution in [0.2, 0.25) is 0 Å². The fourth-order valence-electron chi connectivity index (χ4n) is 9.82. The maximum Gasteiger partial charge on any atom is 0.416 e. The van der Waals surface area contributed by atoms with Crippen molar-refractivity contribution in [2.45, 2.75) is 20.0 Å². The molecule has 66 heavy (non-hydrogen) atoms. The molecule has 0 aliphatic carbocycles. The van der Waals surface area contributed by atoms with Crippen LogP contribution in [0.4, 0.5) is 13.2 Å². The zero-order valence-corrected chi connectivity index (χ0v) is 35.8. The van der Waals surface area contributed by atoms with Crippen molar-refractivity contribution in [1.29, 1.82) is 10.5 Å². The fraction of sp³-hybridized carbons (Fsp3) is 0.0508. The van der Waals surface area contributed by atoms with E-state index < -0.39 is 11.7 Å². The van der Waals surface area contributed by atoms with E-state index in [0.29, 0.717) is 39.2 Å². The third-order valence-corrected chi connectivity index (χ3v) is 12.7. The number of nitrogens with zero attached hydrogens (tertiary/aromatic N) is 4. The predicted molar refractivity (Wildman–Crippen MR) is 261 cm³/mol. The number of fused-ring (bicyclic) bond motifs is 6. The lowest BCUT2D eigenvalue weighted by molar-refractivity contribution is -0.137. The Bertz CT molecular complexity index is 3870. The number of benzene rings is 9. The van der Waals surface area contributed by atoms with Gasteiger partial charge in [0.15, 0.2) is 0 Å². The smallest absolute Gasteiger partial charge is 0.309 e. The molecule has 2 heterocycles. The molecule has 0 unspecified atom stereocenters. The van der Waals surface area contributed by atoms with Gasteiger partial charge in [-0.05, 0) is 108 Å². The van der Waals surface area contributed by atoms with E-state index in [0.717, 1.165) is 89.1 Å². The van der Waals surface area contributed by atoms with E-state index in [1.54, 1.807) is 6.07 Å². The molecular weight excluding hydrogens is 822 g/mol. The van der Waals surface area contributed by atoms with Crippen molar-refractivity contribution >= 4 is 43.6 Å². The number of nitriles is 2. The quantitative estimate of drug-likeness (QED) is 0.167. The average Bonchev–Trinajstić information content (AvgIpc) is 3.85. The first-order valence-corrected chi connectivity index (χ1v) is 21.6. The summed E-state index contributed by atoms with van der Waals surface area (Å²) in [4.78, 5) is 0. The van der Waals surface area contributed by atoms with Crippen molar-refractivity contribution in [1.82, 2.24) is 9.13 Å². The molecule has 0 saturated heterocycles. The molecule has 0 N–H and O–H groups in total. The van der Waals surface area contributed by atoms with E-state index in [9.17, 15) is 23.7 Å². The minimum absolute atomic E-state index is 0.134. The maximum absolute atomic E-state index is 14.2. The SMILES string of the molecule is Cc1cccc(-c2ccc3c(c2)c2ccccc2n3-c2cccc(C#N)c2-c2c(-c3ccc(C(F)(F)F)cc3C#N)cccc2-n2c3ccccc3c3cc(-c4cccc(C)c4)ccc32)c1. The Balaban J connectivity index is 1.26. The summed E-state index contributed by atoms with van der Waals surface area (Å²) < 4.78 is 47.1. The van der Waals surface area contributed by atoms with E-state index in [4.69, 9.17) is 0 Å². The lowest BCUT2D eigenvalue weighted by Crippen LogP contribution is -2.07. The summed E-state index contributed by atoms with van der Waals surface area (Å²) in [5, 5.41) is 25.8. The molecule has 2 aromatic heterocycles. The van der Waals surface area contributed by atoms with Gasteiger partial charge in [0.1, 0.15) is 0 Å². The molecule has 7 heteroatoms. The van der Waals surface area contributed by atoms with Gasteiger partial charge in [0.25, 0.3) is 0 Å². The molecule has 11 rings (SSSR count). The van der Waals surface area contributed by atoms with Crippen molar-refractivity contribution < 1.29 is 13.2 Å². The number of halogens is 3. The van der Waals surface area contributed by atoms with Crippen LogP contribution in [-0.4, -0.2) is 9.13 Å². The first-order valence-electron chi connectivity index (χ1n) is 21.6. The van der Waals surface area contributed by atoms with Gasteiger partial charge in [0, 0.05) is 38.2 Å². The molecule has 4 nitrogen and oxygen atoms in total. The van der Waals surface area contributed by atoms with Crippen LogP contribution >= 0.6 is 0 Å². The normalized spacial score (nSPS) is 11.7. The van der Waals surface area contributed by atoms with Crippen molar-refractivity contribution in [2.75, 3.05) is 0 Å². The Morgan fingerprint density at radius 2 is 0.879 bits per heavy atom. The highest BCUT2D eigenvalue weighted by Gasteiger charge is 2.32. The zero-order chi connectivity index (χ0) is 45.3. The Kier molecular flexibility index (Phi) is 9.46. The second-order valence-corrected chi connectivity index (χ2v) is 16.8. The maximum atomic E-state index is 14.2. The lowest BCUT2D eigenvalue weighted by Gasteiger charge is -2.23. The van der Waals surface area contributed by atoms with Gasteiger partial charge in [0.2, 0.25) is 0 Å². The number of aryl methyl sites for hydroxylation is 2. The molecule has 0 fully saturated rings. The van der Waals surface area contributed by atoms with Crippen LogP contribution in [0.15, 0.2) is 188 Å². The molecule has 0 aliphatic rings. The second kappa shape index (κ2) is 15.6. The van der Waals surface area contributed by atoms with Crippen LogP contribution in [0.5, 0.6) is 0 Å². The predicted octanol–water partition coefficient (Wildman–Crippen LogP) is 15.9. The van der Waals surface area contributed by atoms with Crippen LogP contribution in [0.25, 0.3) is 99.5 Å². The first kappa shape index (κ1) is 40.1. The lowest BCUT2D eigenvalue weighted by atomic mass is 9.87. The second-order valence-electron chi connectivity index (χ2n) is 16.8. The van der Waals surface area contributed by atoms with Gasteiger partial charge < -0.3 is 9.13 Å². The topological polar surface area (TPSA) is 57.4 Å². The number of aromatic nitrogens is 2. The minimum Gasteiger partial charge on any atom is -0.309 e. The van der Waals surface area contributed by atoms with E-state index in [-0.39, 0.29) is 5.56 Å². The van der Waals surface area contributed by atoms with E-state index in [1.165, 1.54) is 6.07 Å². The Morgan fingerprint density at radius 3 is 1.41 bits per heavy atom. The van der Waals surface area contributed by atoms with Gasteiger partial charge in [-0.3, -0.25) is 0 Å². The molecule has 0 spiro atoms. The van der Waals surface area contributed by atoms with Crippen LogP contribution in [0.3, 0.4) is 0 Å². The standard InChI is InChI=1S/C59H37F3N4/c1-36-11-7-13-38(29-36)40-23-27-53-49(32-40)46-16-3-5-19-51(46)65(53)55-21-9-15-42(34-63)57(55)58-48(45-26-25-44(59(60,61)62)31-43(45)35-64)18-10-22-56(58)66-52-20-6-4-17-47(52)50-33-41(24-28-54(50)66)39-14-8-12-37(2)30-39/h3-33H,1-2H3. The molecule has 0 saturated carbocycles. The van der Waals surface area contributed by atoms with Gasteiger partial charge >= 0.3 is 6.18 Å². The van der Waals surface area contributed by atoms with E-state index in [1.807, 2.05) is 54.6 Å². The zero-order valence-electron chi connectivity index (χ0n) is 35.8. The summed E-state index contributed by atoms with van der Waals surface area (Å²) in [7, 11) is 0. The highest BCUT2D eigenvalue weighted by atomic mass is 19.4. The number of rotatable bonds is 6. The van der Waals surface area contributed by atoms with E-state index in [2.05, 4.69) is 144 Å². The fourth-order valence-corrected chi connectivity index (χ4v) is 9.82. The number of hydrogen-bond acceptors (Lipinski definition) is 2. The van der Waals surface area contributed by atoms with Crippen LogP contribution < -0.4 is 0 Å². The number of alkyl halides is 3. The monoisotopic (exact) mass is 858 g/mol. The van der Waals surface area contributed by atoms with Crippen molar-refractivity contribution in [3.8, 4) is 68.0 Å². The molecule has 11 aromatic rings. The summed E-state index contributed by atoms with van der Waals surface area (Å²) in [5.41, 5.74) is 12.9. The van der Waals surface area contributed by atoms with Crippen LogP contribution in [0, 0.1) is 36.5 Å². The molecule has 0 radical (unpaired) electrons. The summed E-state index contributed by atoms with van der Waals surface area (Å²) in [6.07, 6.45) is -4.66. The van der Waals surface area contributed by atoms with Crippen molar-refractivity contribution in [3.05, 3.63) is 216 Å². The molecule has 0 atom stereocenters. The van der Waals surface area contributed by atoms with Gasteiger partial charge in [-0.25, -0.2) is 0 Å². The highest BCUT2D eigenvalue weighted by molar-refractivity contribution is 6.13. The average molecular weight is 859 g/mol. The molecule has 0 aliphatic heterocycles. The molecule has 0 amide bonds. The summed E-state index contributed by atoms with van der Waals surface area (Å²) in [6.45, 7) is 4.16. The molecular formula is C59H37F3N4. The summed E-state index contributed by atoms with van der Waals surface area (Å²) in [6, 6.07) is 65.3. The van der Waals surface area contributed by atoms with Gasteiger partial charge in [-0.1, -0.05) is 132 Å². The summed E-state index contributed by atoms with van der Waals surface area (Å²) in [5.74, 6) is 0.